The second-order valence-electron chi connectivity index (χ2n) is 6.87. The maximum absolute atomic E-state index is 14.8. The first-order chi connectivity index (χ1) is 14.4. The van der Waals surface area contributed by atoms with Crippen LogP contribution in [0.15, 0.2) is 6.07 Å². The van der Waals surface area contributed by atoms with Crippen LogP contribution in [0, 0.1) is 26.2 Å². The molecular formula is C23H36F2O4SSn. The van der Waals surface area contributed by atoms with Crippen LogP contribution in [-0.2, 0) is 30.5 Å². The fraction of sp³-hybridized carbons (Fsp3) is 0.696. The van der Waals surface area contributed by atoms with Gasteiger partial charge in [-0.1, -0.05) is 80.1 Å². The number of thiophene rings is 1. The summed E-state index contributed by atoms with van der Waals surface area (Å²) in [5.74, 6) is -7.57. The van der Waals surface area contributed by atoms with Gasteiger partial charge in [-0.3, -0.25) is 0 Å². The first-order valence-electron chi connectivity index (χ1n) is 10.7. The Morgan fingerprint density at radius 2 is 1.19 bits per heavy atom. The van der Waals surface area contributed by atoms with Gasteiger partial charge in [0, 0.05) is 34.9 Å². The summed E-state index contributed by atoms with van der Waals surface area (Å²) in [6.45, 7) is 17.7. The van der Waals surface area contributed by atoms with Gasteiger partial charge in [0.2, 0.25) is 0 Å². The molecule has 4 nitrogen and oxygen atoms in total. The number of halogens is 2. The predicted octanol–water partition coefficient (Wildman–Crippen LogP) is 6.08. The molecule has 1 aromatic heterocycles. The summed E-state index contributed by atoms with van der Waals surface area (Å²) in [5, 5.41) is 2.83. The van der Waals surface area contributed by atoms with Crippen LogP contribution in [0.4, 0.5) is 8.78 Å². The van der Waals surface area contributed by atoms with Crippen LogP contribution in [0.2, 0.25) is 0 Å². The summed E-state index contributed by atoms with van der Waals surface area (Å²) < 4.78 is 50.5. The molecule has 8 heteroatoms. The Morgan fingerprint density at radius 3 is 1.55 bits per heavy atom. The van der Waals surface area contributed by atoms with Gasteiger partial charge in [0.25, 0.3) is 11.6 Å². The molecule has 2 saturated heterocycles. The molecule has 2 fully saturated rings. The van der Waals surface area contributed by atoms with Gasteiger partial charge in [-0.2, -0.15) is 8.78 Å². The van der Waals surface area contributed by atoms with E-state index >= 15 is 0 Å². The Morgan fingerprint density at radius 1 is 0.839 bits per heavy atom. The van der Waals surface area contributed by atoms with Crippen LogP contribution in [0.3, 0.4) is 0 Å². The molecular weight excluding hydrogens is 529 g/mol. The Labute approximate surface area is 208 Å². The van der Waals surface area contributed by atoms with Gasteiger partial charge in [-0.05, 0) is 6.07 Å². The largest absolute Gasteiger partial charge is 0.363 e. The standard InChI is InChI=1S/C11H9F2O4S.3C4H9.Sn/c12-11(13)9(14-2-3-15-9)7-1-6-18-8(7)10(11)16-4-5-17-10;3*1-3-4-2;/h1H,2-5H2;3*1,3-4H2,2H3;. The van der Waals surface area contributed by atoms with E-state index in [1.54, 1.807) is 0 Å². The quantitative estimate of drug-likeness (QED) is 0.417. The van der Waals surface area contributed by atoms with E-state index in [-0.39, 0.29) is 55.9 Å². The van der Waals surface area contributed by atoms with Crippen LogP contribution in [0.1, 0.15) is 69.7 Å². The Bertz CT molecular complexity index is 530. The minimum atomic E-state index is -3.41. The normalized spacial score (nSPS) is 20.5. The number of hydrogen-bond donors (Lipinski definition) is 0. The third-order valence-corrected chi connectivity index (χ3v) is 5.47. The number of hydrogen-bond acceptors (Lipinski definition) is 5. The SMILES string of the molecule is FC1(F)C2(OCCO2)c2c[c]sc2C12OCCO2.[CH2]CCC.[CH2]CCC.[CH2]CCC.[Sn]. The van der Waals surface area contributed by atoms with E-state index in [4.69, 9.17) is 18.9 Å². The first kappa shape index (κ1) is 31.2. The molecule has 2 aliphatic heterocycles. The Kier molecular flexibility index (Phi) is 15.3. The molecule has 2 spiro atoms. The average molecular weight is 565 g/mol. The van der Waals surface area contributed by atoms with Crippen molar-refractivity contribution >= 4 is 35.2 Å². The van der Waals surface area contributed by atoms with Gasteiger partial charge < -0.3 is 18.9 Å². The zero-order valence-corrected chi connectivity index (χ0v) is 22.7. The van der Waals surface area contributed by atoms with Crippen molar-refractivity contribution in [3.8, 4) is 0 Å². The summed E-state index contributed by atoms with van der Waals surface area (Å²) in [6.07, 6.45) is 6.83. The van der Waals surface area contributed by atoms with E-state index in [0.29, 0.717) is 4.88 Å². The molecule has 0 N–H and O–H groups in total. The van der Waals surface area contributed by atoms with Crippen molar-refractivity contribution in [2.75, 3.05) is 26.4 Å². The zero-order valence-electron chi connectivity index (χ0n) is 19.1. The van der Waals surface area contributed by atoms with E-state index in [2.05, 4.69) is 46.9 Å². The molecule has 0 aromatic carbocycles. The number of rotatable bonds is 3. The van der Waals surface area contributed by atoms with E-state index in [0.717, 1.165) is 30.6 Å². The van der Waals surface area contributed by atoms with Crippen molar-refractivity contribution in [2.45, 2.75) is 76.8 Å². The van der Waals surface area contributed by atoms with Gasteiger partial charge in [0.15, 0.2) is 0 Å². The number of unbranched alkanes of at least 4 members (excludes halogenated alkanes) is 3. The topological polar surface area (TPSA) is 36.9 Å². The van der Waals surface area contributed by atoms with Crippen LogP contribution < -0.4 is 0 Å². The molecule has 8 radical (unpaired) electrons. The molecule has 176 valence electrons. The number of fused-ring (bicyclic) bond motifs is 3. The minimum Gasteiger partial charge on any atom is -0.339 e. The first-order valence-corrected chi connectivity index (χ1v) is 11.5. The summed E-state index contributed by atoms with van der Waals surface area (Å²) in [5.41, 5.74) is 0.275. The van der Waals surface area contributed by atoms with E-state index in [1.807, 2.05) is 0 Å². The molecule has 3 heterocycles. The maximum Gasteiger partial charge on any atom is 0.363 e. The molecule has 0 saturated carbocycles. The molecule has 1 aromatic rings. The van der Waals surface area contributed by atoms with Crippen molar-refractivity contribution in [1.29, 1.82) is 0 Å². The molecule has 0 unspecified atom stereocenters. The van der Waals surface area contributed by atoms with Gasteiger partial charge in [-0.15, -0.1) is 11.3 Å². The average Bonchev–Trinajstić information content (AvgIpc) is 3.54. The summed E-state index contributed by atoms with van der Waals surface area (Å²) in [6, 6.07) is 1.47. The third-order valence-electron chi connectivity index (χ3n) is 4.54. The monoisotopic (exact) mass is 566 g/mol. The molecule has 1 aliphatic carbocycles. The van der Waals surface area contributed by atoms with Gasteiger partial charge >= 0.3 is 5.92 Å². The maximum atomic E-state index is 14.8. The summed E-state index contributed by atoms with van der Waals surface area (Å²) in [7, 11) is 0. The van der Waals surface area contributed by atoms with Crippen LogP contribution in [0.25, 0.3) is 0 Å². The number of ether oxygens (including phenoxy) is 4. The predicted molar refractivity (Wildman–Crippen MR) is 122 cm³/mol. The Balaban J connectivity index is 0.000000585. The molecule has 3 aliphatic rings. The van der Waals surface area contributed by atoms with Crippen molar-refractivity contribution in [1.82, 2.24) is 0 Å². The van der Waals surface area contributed by atoms with Crippen molar-refractivity contribution in [2.24, 2.45) is 0 Å². The van der Waals surface area contributed by atoms with E-state index < -0.39 is 17.5 Å². The fourth-order valence-corrected chi connectivity index (χ4v) is 3.74. The van der Waals surface area contributed by atoms with Crippen molar-refractivity contribution in [3.63, 3.8) is 0 Å². The Hall–Kier alpha value is 0.199. The second-order valence-corrected chi connectivity index (χ2v) is 7.72. The van der Waals surface area contributed by atoms with Crippen LogP contribution in [-0.4, -0.2) is 56.3 Å². The molecule has 4 rings (SSSR count). The van der Waals surface area contributed by atoms with Crippen molar-refractivity contribution in [3.05, 3.63) is 42.7 Å². The molecule has 0 amide bonds. The zero-order chi connectivity index (χ0) is 22.7. The van der Waals surface area contributed by atoms with Gasteiger partial charge in [-0.25, -0.2) is 0 Å². The third kappa shape index (κ3) is 6.41. The molecule has 31 heavy (non-hydrogen) atoms. The molecule has 0 bridgehead atoms. The van der Waals surface area contributed by atoms with Crippen LogP contribution >= 0.6 is 11.3 Å². The van der Waals surface area contributed by atoms with Gasteiger partial charge in [0.1, 0.15) is 0 Å². The molecule has 0 atom stereocenters. The summed E-state index contributed by atoms with van der Waals surface area (Å²) in [4.78, 5) is 0.298. The minimum absolute atomic E-state index is 0. The second kappa shape index (κ2) is 15.2. The van der Waals surface area contributed by atoms with Crippen molar-refractivity contribution < 1.29 is 27.7 Å². The fourth-order valence-electron chi connectivity index (χ4n) is 2.76. The summed E-state index contributed by atoms with van der Waals surface area (Å²) >= 11 is 1.06. The number of alkyl halides is 2. The van der Waals surface area contributed by atoms with Crippen LogP contribution in [0.5, 0.6) is 0 Å². The van der Waals surface area contributed by atoms with E-state index in [9.17, 15) is 8.78 Å². The van der Waals surface area contributed by atoms with E-state index in [1.165, 1.54) is 25.3 Å². The smallest absolute Gasteiger partial charge is 0.339 e. The van der Waals surface area contributed by atoms with Gasteiger partial charge in [0.05, 0.1) is 31.3 Å².